The number of amides is 1. The lowest BCUT2D eigenvalue weighted by atomic mass is 10.1. The van der Waals surface area contributed by atoms with E-state index in [2.05, 4.69) is 28.5 Å². The third kappa shape index (κ3) is 3.46. The minimum Gasteiger partial charge on any atom is -0.444 e. The van der Waals surface area contributed by atoms with Gasteiger partial charge in [-0.15, -0.1) is 11.8 Å². The van der Waals surface area contributed by atoms with Gasteiger partial charge in [0.15, 0.2) is 0 Å². The summed E-state index contributed by atoms with van der Waals surface area (Å²) in [6.45, 7) is 7.62. The number of carbonyl (C=O) groups excluding carboxylic acids is 1. The second kappa shape index (κ2) is 6.76. The number of nitrogens with zero attached hydrogens (tertiary/aromatic N) is 1. The van der Waals surface area contributed by atoms with E-state index < -0.39 is 0 Å². The number of H-pyrrole nitrogens is 1. The van der Waals surface area contributed by atoms with Gasteiger partial charge < -0.3 is 4.42 Å². The van der Waals surface area contributed by atoms with Crippen LogP contribution in [0.3, 0.4) is 0 Å². The number of anilines is 1. The number of fused-ring (bicyclic) bond motifs is 1. The minimum absolute atomic E-state index is 0.171. The predicted octanol–water partition coefficient (Wildman–Crippen LogP) is 3.48. The lowest BCUT2D eigenvalue weighted by Crippen LogP contribution is -2.16. The number of aryl methyl sites for hydroxylation is 4. The molecule has 7 heteroatoms. The highest BCUT2D eigenvalue weighted by Gasteiger charge is 2.18. The fourth-order valence-electron chi connectivity index (χ4n) is 2.65. The van der Waals surface area contributed by atoms with Gasteiger partial charge in [-0.1, -0.05) is 6.07 Å². The van der Waals surface area contributed by atoms with Crippen LogP contribution in [0.5, 0.6) is 0 Å². The first-order chi connectivity index (χ1) is 11.9. The van der Waals surface area contributed by atoms with Crippen molar-refractivity contribution in [2.75, 3.05) is 11.1 Å². The first-order valence-corrected chi connectivity index (χ1v) is 8.83. The molecule has 0 radical (unpaired) electrons. The number of hydrogen-bond acceptors (Lipinski definition) is 5. The van der Waals surface area contributed by atoms with Crippen LogP contribution in [0.25, 0.3) is 10.8 Å². The molecule has 1 aromatic carbocycles. The molecule has 6 nitrogen and oxygen atoms in total. The number of benzene rings is 1. The van der Waals surface area contributed by atoms with E-state index in [1.807, 2.05) is 19.1 Å². The van der Waals surface area contributed by atoms with Gasteiger partial charge in [0.2, 0.25) is 11.8 Å². The molecule has 1 amide bonds. The van der Waals surface area contributed by atoms with Gasteiger partial charge in [-0.05, 0) is 51.0 Å². The number of aromatic amines is 1. The topological polar surface area (TPSA) is 88.0 Å². The van der Waals surface area contributed by atoms with Gasteiger partial charge in [0.1, 0.15) is 11.1 Å². The lowest BCUT2D eigenvalue weighted by molar-refractivity contribution is -0.113. The summed E-state index contributed by atoms with van der Waals surface area (Å²) in [6, 6.07) is 6.08. The summed E-state index contributed by atoms with van der Waals surface area (Å²) in [4.78, 5) is 25.4. The highest BCUT2D eigenvalue weighted by Crippen LogP contribution is 2.28. The van der Waals surface area contributed by atoms with Crippen LogP contribution in [0.1, 0.15) is 22.6 Å². The highest BCUT2D eigenvalue weighted by atomic mass is 32.2. The number of aromatic nitrogens is 2. The van der Waals surface area contributed by atoms with Gasteiger partial charge in [0.25, 0.3) is 5.56 Å². The third-order valence-electron chi connectivity index (χ3n) is 4.10. The van der Waals surface area contributed by atoms with Gasteiger partial charge in [-0.25, -0.2) is 5.10 Å². The molecule has 0 saturated carbocycles. The summed E-state index contributed by atoms with van der Waals surface area (Å²) in [5, 5.41) is 10.0. The van der Waals surface area contributed by atoms with Crippen LogP contribution in [0.15, 0.2) is 32.3 Å². The molecule has 0 spiro atoms. The Hall–Kier alpha value is -2.54. The number of thioether (sulfide) groups is 1. The maximum absolute atomic E-state index is 12.3. The fourth-order valence-corrected chi connectivity index (χ4v) is 3.44. The Morgan fingerprint density at radius 1 is 1.20 bits per heavy atom. The van der Waals surface area contributed by atoms with Crippen LogP contribution >= 0.6 is 11.8 Å². The van der Waals surface area contributed by atoms with Crippen LogP contribution in [0.4, 0.5) is 5.88 Å². The second-order valence-electron chi connectivity index (χ2n) is 5.96. The van der Waals surface area contributed by atoms with E-state index in [-0.39, 0.29) is 23.1 Å². The van der Waals surface area contributed by atoms with Gasteiger partial charge in [-0.3, -0.25) is 14.9 Å². The van der Waals surface area contributed by atoms with Crippen LogP contribution in [0, 0.1) is 27.7 Å². The average Bonchev–Trinajstić information content (AvgIpc) is 2.89. The number of carbonyl (C=O) groups is 1. The molecular weight excluding hydrogens is 338 g/mol. The van der Waals surface area contributed by atoms with Crippen molar-refractivity contribution in [3.8, 4) is 0 Å². The van der Waals surface area contributed by atoms with Crippen LogP contribution in [0.2, 0.25) is 0 Å². The van der Waals surface area contributed by atoms with Gasteiger partial charge in [0.05, 0.1) is 16.8 Å². The van der Waals surface area contributed by atoms with E-state index in [9.17, 15) is 9.59 Å². The van der Waals surface area contributed by atoms with E-state index >= 15 is 0 Å². The molecule has 0 unspecified atom stereocenters. The Labute approximate surface area is 149 Å². The number of furan rings is 1. The largest absolute Gasteiger partial charge is 0.444 e. The molecule has 0 aliphatic heterocycles. The Morgan fingerprint density at radius 2 is 1.96 bits per heavy atom. The van der Waals surface area contributed by atoms with E-state index in [0.717, 1.165) is 4.90 Å². The van der Waals surface area contributed by atoms with E-state index in [0.29, 0.717) is 22.2 Å². The normalized spacial score (nSPS) is 11.0. The lowest BCUT2D eigenvalue weighted by Gasteiger charge is -2.05. The van der Waals surface area contributed by atoms with Crippen molar-refractivity contribution in [3.63, 3.8) is 0 Å². The van der Waals surface area contributed by atoms with Crippen molar-refractivity contribution in [3.05, 3.63) is 51.1 Å². The Morgan fingerprint density at radius 3 is 2.68 bits per heavy atom. The van der Waals surface area contributed by atoms with Crippen molar-refractivity contribution in [2.45, 2.75) is 32.6 Å². The monoisotopic (exact) mass is 357 g/mol. The first kappa shape index (κ1) is 17.3. The van der Waals surface area contributed by atoms with Crippen LogP contribution < -0.4 is 10.9 Å². The highest BCUT2D eigenvalue weighted by molar-refractivity contribution is 8.00. The summed E-state index contributed by atoms with van der Waals surface area (Å²) < 4.78 is 5.58. The van der Waals surface area contributed by atoms with Gasteiger partial charge in [-0.2, -0.15) is 5.10 Å². The molecule has 3 rings (SSSR count). The summed E-state index contributed by atoms with van der Waals surface area (Å²) in [7, 11) is 0. The number of hydrogen-bond donors (Lipinski definition) is 2. The zero-order valence-electron chi connectivity index (χ0n) is 14.5. The molecular formula is C18H19N3O3S. The van der Waals surface area contributed by atoms with Crippen LogP contribution in [-0.2, 0) is 4.79 Å². The molecule has 130 valence electrons. The molecule has 0 bridgehead atoms. The quantitative estimate of drug-likeness (QED) is 0.698. The van der Waals surface area contributed by atoms with E-state index in [1.165, 1.54) is 22.9 Å². The molecule has 0 aliphatic rings. The van der Waals surface area contributed by atoms with E-state index in [1.54, 1.807) is 13.8 Å². The SMILES string of the molecule is Cc1ccc(SCC(=O)Nc2oc(C)c3c(C)n[nH]c(=O)c23)cc1C. The molecule has 0 atom stereocenters. The van der Waals surface area contributed by atoms with E-state index in [4.69, 9.17) is 4.42 Å². The number of nitrogens with one attached hydrogen (secondary N) is 2. The second-order valence-corrected chi connectivity index (χ2v) is 7.01. The summed E-state index contributed by atoms with van der Waals surface area (Å²) >= 11 is 1.44. The van der Waals surface area contributed by atoms with Crippen molar-refractivity contribution >= 4 is 34.3 Å². The smallest absolute Gasteiger partial charge is 0.277 e. The molecule has 25 heavy (non-hydrogen) atoms. The summed E-state index contributed by atoms with van der Waals surface area (Å²) in [6.07, 6.45) is 0. The maximum atomic E-state index is 12.3. The van der Waals surface area contributed by atoms with Gasteiger partial charge >= 0.3 is 0 Å². The molecule has 0 aliphatic carbocycles. The standard InChI is InChI=1S/C18H19N3O3S/c1-9-5-6-13(7-10(9)2)25-8-14(22)19-18-16-15(12(4)24-18)11(3)20-21-17(16)23/h5-7H,8H2,1-4H3,(H,19,22)(H,21,23). The number of rotatable bonds is 4. The van der Waals surface area contributed by atoms with Crippen molar-refractivity contribution < 1.29 is 9.21 Å². The zero-order valence-corrected chi connectivity index (χ0v) is 15.3. The molecule has 2 N–H and O–H groups in total. The summed E-state index contributed by atoms with van der Waals surface area (Å²) in [5.41, 5.74) is 2.68. The van der Waals surface area contributed by atoms with Crippen molar-refractivity contribution in [1.82, 2.24) is 10.2 Å². The molecule has 0 saturated heterocycles. The van der Waals surface area contributed by atoms with Gasteiger partial charge in [0, 0.05) is 4.90 Å². The van der Waals surface area contributed by atoms with Crippen molar-refractivity contribution in [2.24, 2.45) is 0 Å². The summed E-state index contributed by atoms with van der Waals surface area (Å²) in [5.74, 6) is 0.729. The minimum atomic E-state index is -0.380. The Kier molecular flexibility index (Phi) is 4.67. The maximum Gasteiger partial charge on any atom is 0.277 e. The fraction of sp³-hybridized carbons (Fsp3) is 0.278. The average molecular weight is 357 g/mol. The van der Waals surface area contributed by atoms with Crippen molar-refractivity contribution in [1.29, 1.82) is 0 Å². The zero-order chi connectivity index (χ0) is 18.1. The molecule has 0 fully saturated rings. The predicted molar refractivity (Wildman–Crippen MR) is 99.4 cm³/mol. The Bertz CT molecular complexity index is 1020. The first-order valence-electron chi connectivity index (χ1n) is 7.85. The molecule has 3 aromatic rings. The van der Waals surface area contributed by atoms with Crippen LogP contribution in [-0.4, -0.2) is 21.9 Å². The molecule has 2 heterocycles. The Balaban J connectivity index is 1.77. The molecule has 2 aromatic heterocycles. The third-order valence-corrected chi connectivity index (χ3v) is 5.09.